The van der Waals surface area contributed by atoms with E-state index in [0.29, 0.717) is 17.5 Å². The first-order valence-corrected chi connectivity index (χ1v) is 5.36. The number of amidine groups is 1. The molecule has 0 spiro atoms. The van der Waals surface area contributed by atoms with E-state index in [4.69, 9.17) is 11.7 Å². The molecule has 1 unspecified atom stereocenters. The van der Waals surface area contributed by atoms with Crippen molar-refractivity contribution in [2.24, 2.45) is 16.8 Å². The lowest BCUT2D eigenvalue weighted by molar-refractivity contribution is 0.166. The second kappa shape index (κ2) is 6.17. The highest BCUT2D eigenvalue weighted by Gasteiger charge is 2.16. The van der Waals surface area contributed by atoms with Gasteiger partial charge in [-0.1, -0.05) is 19.4 Å². The predicted molar refractivity (Wildman–Crippen MR) is 64.3 cm³/mol. The van der Waals surface area contributed by atoms with Crippen LogP contribution < -0.4 is 17.1 Å². The van der Waals surface area contributed by atoms with Crippen LogP contribution in [0.5, 0.6) is 0 Å². The molecule has 1 rings (SSSR count). The van der Waals surface area contributed by atoms with E-state index in [1.807, 2.05) is 6.92 Å². The van der Waals surface area contributed by atoms with Gasteiger partial charge in [-0.25, -0.2) is 10.2 Å². The van der Waals surface area contributed by atoms with E-state index in [-0.39, 0.29) is 5.84 Å². The van der Waals surface area contributed by atoms with Crippen molar-refractivity contribution in [3.05, 3.63) is 35.1 Å². The summed E-state index contributed by atoms with van der Waals surface area (Å²) in [4.78, 5) is 0. The van der Waals surface area contributed by atoms with Gasteiger partial charge in [0.05, 0.1) is 6.10 Å². The van der Waals surface area contributed by atoms with Crippen molar-refractivity contribution in [2.75, 3.05) is 0 Å². The first kappa shape index (κ1) is 13.4. The van der Waals surface area contributed by atoms with Crippen molar-refractivity contribution in [2.45, 2.75) is 25.9 Å². The molecule has 0 bridgehead atoms. The Labute approximate surface area is 99.3 Å². The molecule has 1 aromatic carbocycles. The van der Waals surface area contributed by atoms with Crippen LogP contribution in [0.4, 0.5) is 4.39 Å². The summed E-state index contributed by atoms with van der Waals surface area (Å²) in [5.41, 5.74) is 3.20. The number of halogens is 1. The first-order chi connectivity index (χ1) is 8.13. The van der Waals surface area contributed by atoms with Gasteiger partial charge in [0.2, 0.25) is 0 Å². The molecule has 0 saturated heterocycles. The van der Waals surface area contributed by atoms with Crippen molar-refractivity contribution in [1.29, 1.82) is 0 Å². The van der Waals surface area contributed by atoms with E-state index in [1.165, 1.54) is 18.2 Å². The minimum atomic E-state index is -0.694. The minimum absolute atomic E-state index is 0.134. The third kappa shape index (κ3) is 3.15. The summed E-state index contributed by atoms with van der Waals surface area (Å²) in [5.74, 6) is 10.1. The van der Waals surface area contributed by atoms with Gasteiger partial charge in [-0.15, -0.1) is 0 Å². The maximum atomic E-state index is 13.2. The van der Waals surface area contributed by atoms with E-state index in [0.717, 1.165) is 6.42 Å². The average molecular weight is 240 g/mol. The molecule has 0 amide bonds. The zero-order chi connectivity index (χ0) is 12.8. The van der Waals surface area contributed by atoms with E-state index in [9.17, 15) is 9.50 Å². The van der Waals surface area contributed by atoms with Gasteiger partial charge in [0.15, 0.2) is 5.84 Å². The molecule has 0 aliphatic heterocycles. The largest absolute Gasteiger partial charge is 0.388 e. The molecule has 0 fully saturated rings. The van der Waals surface area contributed by atoms with Crippen LogP contribution in [0.1, 0.15) is 37.0 Å². The zero-order valence-corrected chi connectivity index (χ0v) is 9.65. The Hall–Kier alpha value is -1.66. The molecule has 1 atom stereocenters. The molecular formula is C11H17FN4O. The summed E-state index contributed by atoms with van der Waals surface area (Å²) in [6, 6.07) is 4.02. The van der Waals surface area contributed by atoms with Gasteiger partial charge in [-0.3, -0.25) is 0 Å². The Morgan fingerprint density at radius 2 is 2.29 bits per heavy atom. The zero-order valence-electron chi connectivity index (χ0n) is 9.65. The molecule has 0 heterocycles. The monoisotopic (exact) mass is 240 g/mol. The number of nitrogens with zero attached hydrogens (tertiary/aromatic N) is 1. The fraction of sp³-hybridized carbons (Fsp3) is 0.364. The highest BCUT2D eigenvalue weighted by atomic mass is 19.1. The quantitative estimate of drug-likeness (QED) is 0.270. The number of hydrazone groups is 1. The van der Waals surface area contributed by atoms with Gasteiger partial charge in [0.1, 0.15) is 5.82 Å². The van der Waals surface area contributed by atoms with Crippen LogP contribution in [0.2, 0.25) is 0 Å². The molecule has 0 aliphatic rings. The molecule has 0 aromatic heterocycles. The van der Waals surface area contributed by atoms with Crippen LogP contribution in [0.3, 0.4) is 0 Å². The van der Waals surface area contributed by atoms with E-state index >= 15 is 0 Å². The third-order valence-electron chi connectivity index (χ3n) is 2.46. The first-order valence-electron chi connectivity index (χ1n) is 5.36. The lowest BCUT2D eigenvalue weighted by Crippen LogP contribution is -2.33. The number of aliphatic hydroxyl groups is 1. The number of hydrogen-bond donors (Lipinski definition) is 4. The van der Waals surface area contributed by atoms with Crippen LogP contribution in [-0.2, 0) is 0 Å². The number of hydrazine groups is 1. The smallest absolute Gasteiger partial charge is 0.167 e. The van der Waals surface area contributed by atoms with Crippen LogP contribution in [-0.4, -0.2) is 10.9 Å². The standard InChI is InChI=1S/C11H17FN4O/c1-2-3-10(17)8-5-4-7(12)6-9(8)11(15-13)16-14/h4-6,10,17H,2-3,13-14H2,1H3,(H,15,16). The number of rotatable bonds is 4. The summed E-state index contributed by atoms with van der Waals surface area (Å²) in [7, 11) is 0. The molecule has 0 saturated carbocycles. The van der Waals surface area contributed by atoms with Crippen LogP contribution in [0.25, 0.3) is 0 Å². The number of nitrogens with two attached hydrogens (primary N) is 2. The van der Waals surface area contributed by atoms with Gasteiger partial charge < -0.3 is 16.4 Å². The lowest BCUT2D eigenvalue weighted by atomic mass is 9.98. The average Bonchev–Trinajstić information content (AvgIpc) is 2.31. The maximum Gasteiger partial charge on any atom is 0.167 e. The fourth-order valence-electron chi connectivity index (χ4n) is 1.64. The van der Waals surface area contributed by atoms with E-state index in [1.54, 1.807) is 0 Å². The van der Waals surface area contributed by atoms with Crippen LogP contribution in [0.15, 0.2) is 23.3 Å². The molecule has 0 radical (unpaired) electrons. The summed E-state index contributed by atoms with van der Waals surface area (Å²) in [6.45, 7) is 1.95. The Morgan fingerprint density at radius 1 is 1.59 bits per heavy atom. The normalized spacial score (nSPS) is 13.5. The maximum absolute atomic E-state index is 13.2. The van der Waals surface area contributed by atoms with Gasteiger partial charge in [0, 0.05) is 5.56 Å². The Kier molecular flexibility index (Phi) is 4.86. The number of benzene rings is 1. The number of nitrogens with one attached hydrogen (secondary N) is 1. The highest BCUT2D eigenvalue weighted by Crippen LogP contribution is 2.23. The van der Waals surface area contributed by atoms with Crippen LogP contribution >= 0.6 is 0 Å². The van der Waals surface area contributed by atoms with Crippen LogP contribution in [0, 0.1) is 5.82 Å². The fourth-order valence-corrected chi connectivity index (χ4v) is 1.64. The Morgan fingerprint density at radius 3 is 2.82 bits per heavy atom. The van der Waals surface area contributed by atoms with Crippen molar-refractivity contribution in [3.63, 3.8) is 0 Å². The third-order valence-corrected chi connectivity index (χ3v) is 2.46. The molecular weight excluding hydrogens is 223 g/mol. The number of aliphatic hydroxyl groups excluding tert-OH is 1. The summed E-state index contributed by atoms with van der Waals surface area (Å²) in [5, 5.41) is 13.4. The van der Waals surface area contributed by atoms with Gasteiger partial charge >= 0.3 is 0 Å². The molecule has 5 nitrogen and oxygen atoms in total. The summed E-state index contributed by atoms with van der Waals surface area (Å²) < 4.78 is 13.2. The van der Waals surface area contributed by atoms with Gasteiger partial charge in [-0.05, 0) is 24.1 Å². The van der Waals surface area contributed by atoms with Crippen molar-refractivity contribution >= 4 is 5.84 Å². The molecule has 6 heteroatoms. The van der Waals surface area contributed by atoms with E-state index < -0.39 is 11.9 Å². The Balaban J connectivity index is 3.20. The molecule has 17 heavy (non-hydrogen) atoms. The number of hydrogen-bond acceptors (Lipinski definition) is 4. The Bertz CT molecular complexity index is 408. The molecule has 0 aliphatic carbocycles. The molecule has 94 valence electrons. The van der Waals surface area contributed by atoms with Gasteiger partial charge in [-0.2, -0.15) is 5.10 Å². The second-order valence-corrected chi connectivity index (χ2v) is 3.66. The molecule has 1 aromatic rings. The van der Waals surface area contributed by atoms with Crippen molar-refractivity contribution in [1.82, 2.24) is 5.43 Å². The highest BCUT2D eigenvalue weighted by molar-refractivity contribution is 5.99. The minimum Gasteiger partial charge on any atom is -0.388 e. The lowest BCUT2D eigenvalue weighted by Gasteiger charge is -2.15. The molecule has 6 N–H and O–H groups in total. The predicted octanol–water partition coefficient (Wildman–Crippen LogP) is 0.743. The van der Waals surface area contributed by atoms with Crippen molar-refractivity contribution in [3.8, 4) is 0 Å². The second-order valence-electron chi connectivity index (χ2n) is 3.66. The van der Waals surface area contributed by atoms with Crippen molar-refractivity contribution < 1.29 is 9.50 Å². The SMILES string of the molecule is CCCC(O)c1ccc(F)cc1/C(=N/N)NN. The van der Waals surface area contributed by atoms with Gasteiger partial charge in [0.25, 0.3) is 0 Å². The summed E-state index contributed by atoms with van der Waals surface area (Å²) >= 11 is 0. The summed E-state index contributed by atoms with van der Waals surface area (Å²) in [6.07, 6.45) is 0.685. The topological polar surface area (TPSA) is 96.7 Å². The van der Waals surface area contributed by atoms with E-state index in [2.05, 4.69) is 10.5 Å².